The molecule has 6 nitrogen and oxygen atoms in total. The fourth-order valence-electron chi connectivity index (χ4n) is 2.72. The predicted octanol–water partition coefficient (Wildman–Crippen LogP) is 1.09. The summed E-state index contributed by atoms with van der Waals surface area (Å²) in [6.07, 6.45) is 5.29. The summed E-state index contributed by atoms with van der Waals surface area (Å²) in [6, 6.07) is 0.507. The minimum absolute atomic E-state index is 0.221. The number of rotatable bonds is 4. The number of hydrogen-bond donors (Lipinski definition) is 1. The molecule has 2 aliphatic rings. The van der Waals surface area contributed by atoms with E-state index in [1.807, 2.05) is 16.0 Å². The molecule has 1 aliphatic carbocycles. The van der Waals surface area contributed by atoms with Crippen LogP contribution in [0.5, 0.6) is 0 Å². The van der Waals surface area contributed by atoms with Gasteiger partial charge in [-0.25, -0.2) is 4.98 Å². The fraction of sp³-hybridized carbons (Fsp3) is 0.667. The van der Waals surface area contributed by atoms with E-state index in [-0.39, 0.29) is 5.91 Å². The van der Waals surface area contributed by atoms with E-state index in [4.69, 9.17) is 0 Å². The summed E-state index contributed by atoms with van der Waals surface area (Å²) in [7, 11) is 1.76. The first-order valence-corrected chi connectivity index (χ1v) is 8.71. The number of nitrogens with one attached hydrogen (secondary N) is 1. The van der Waals surface area contributed by atoms with Crippen LogP contribution in [0.2, 0.25) is 0 Å². The van der Waals surface area contributed by atoms with E-state index in [1.165, 1.54) is 17.7 Å². The average molecular weight is 321 g/mol. The lowest BCUT2D eigenvalue weighted by atomic mass is 10.3. The third kappa shape index (κ3) is 3.40. The number of piperazine rings is 1. The minimum Gasteiger partial charge on any atom is -0.350 e. The van der Waals surface area contributed by atoms with Crippen LogP contribution in [0.15, 0.2) is 11.2 Å². The average Bonchev–Trinajstić information content (AvgIpc) is 3.26. The predicted molar refractivity (Wildman–Crippen MR) is 88.0 cm³/mol. The zero-order valence-corrected chi connectivity index (χ0v) is 14.0. The highest BCUT2D eigenvalue weighted by atomic mass is 32.1. The number of aromatic nitrogens is 1. The summed E-state index contributed by atoms with van der Waals surface area (Å²) in [5.74, 6) is 1.01. The molecular weight excluding hydrogens is 298 g/mol. The SMILES string of the molecule is CCc1cnc(CNC(=NC)N2CCN(C3CC3)C(=O)C2)s1. The third-order valence-electron chi connectivity index (χ3n) is 4.10. The summed E-state index contributed by atoms with van der Waals surface area (Å²) in [4.78, 5) is 26.3. The fourth-order valence-corrected chi connectivity index (χ4v) is 3.52. The third-order valence-corrected chi connectivity index (χ3v) is 5.25. The highest BCUT2D eigenvalue weighted by Gasteiger charge is 2.36. The van der Waals surface area contributed by atoms with Crippen molar-refractivity contribution in [2.75, 3.05) is 26.7 Å². The van der Waals surface area contributed by atoms with Gasteiger partial charge in [0.15, 0.2) is 5.96 Å². The van der Waals surface area contributed by atoms with Crippen LogP contribution in [0.25, 0.3) is 0 Å². The maximum Gasteiger partial charge on any atom is 0.242 e. The van der Waals surface area contributed by atoms with Crippen molar-refractivity contribution in [2.24, 2.45) is 4.99 Å². The summed E-state index contributed by atoms with van der Waals surface area (Å²) < 4.78 is 0. The molecule has 3 rings (SSSR count). The second kappa shape index (κ2) is 6.64. The van der Waals surface area contributed by atoms with Crippen LogP contribution < -0.4 is 5.32 Å². The van der Waals surface area contributed by atoms with Gasteiger partial charge in [-0.05, 0) is 19.3 Å². The van der Waals surface area contributed by atoms with Gasteiger partial charge in [-0.1, -0.05) is 6.92 Å². The molecule has 0 unspecified atom stereocenters. The van der Waals surface area contributed by atoms with Gasteiger partial charge in [0.1, 0.15) is 5.01 Å². The first-order chi connectivity index (χ1) is 10.7. The van der Waals surface area contributed by atoms with E-state index in [1.54, 1.807) is 18.4 Å². The second-order valence-corrected chi connectivity index (χ2v) is 6.91. The highest BCUT2D eigenvalue weighted by molar-refractivity contribution is 7.11. The van der Waals surface area contributed by atoms with Crippen molar-refractivity contribution in [1.82, 2.24) is 20.1 Å². The molecule has 0 spiro atoms. The van der Waals surface area contributed by atoms with Crippen molar-refractivity contribution in [3.63, 3.8) is 0 Å². The quantitative estimate of drug-likeness (QED) is 0.666. The van der Waals surface area contributed by atoms with E-state index in [9.17, 15) is 4.79 Å². The van der Waals surface area contributed by atoms with Crippen LogP contribution in [0.4, 0.5) is 0 Å². The lowest BCUT2D eigenvalue weighted by molar-refractivity contribution is -0.135. The Hall–Kier alpha value is -1.63. The zero-order chi connectivity index (χ0) is 15.5. The molecule has 2 heterocycles. The van der Waals surface area contributed by atoms with Crippen molar-refractivity contribution in [3.05, 3.63) is 16.1 Å². The number of aryl methyl sites for hydroxylation is 1. The second-order valence-electron chi connectivity index (χ2n) is 5.71. The number of nitrogens with zero attached hydrogens (tertiary/aromatic N) is 4. The Morgan fingerprint density at radius 2 is 2.32 bits per heavy atom. The Labute approximate surface area is 135 Å². The number of thiazole rings is 1. The van der Waals surface area contributed by atoms with Gasteiger partial charge in [0.05, 0.1) is 13.1 Å². The number of carbonyl (C=O) groups is 1. The molecule has 0 bridgehead atoms. The van der Waals surface area contributed by atoms with E-state index >= 15 is 0 Å². The lowest BCUT2D eigenvalue weighted by Gasteiger charge is -2.36. The van der Waals surface area contributed by atoms with Crippen LogP contribution in [-0.2, 0) is 17.8 Å². The van der Waals surface area contributed by atoms with Gasteiger partial charge in [0.25, 0.3) is 0 Å². The van der Waals surface area contributed by atoms with Gasteiger partial charge in [0.2, 0.25) is 5.91 Å². The van der Waals surface area contributed by atoms with E-state index in [2.05, 4.69) is 22.2 Å². The molecule has 1 saturated carbocycles. The van der Waals surface area contributed by atoms with Crippen LogP contribution >= 0.6 is 11.3 Å². The first-order valence-electron chi connectivity index (χ1n) is 7.90. The molecule has 1 aromatic heterocycles. The summed E-state index contributed by atoms with van der Waals surface area (Å²) in [6.45, 7) is 4.87. The number of amides is 1. The molecule has 2 fully saturated rings. The zero-order valence-electron chi connectivity index (χ0n) is 13.2. The Bertz CT molecular complexity index is 566. The van der Waals surface area contributed by atoms with Gasteiger partial charge >= 0.3 is 0 Å². The lowest BCUT2D eigenvalue weighted by Crippen LogP contribution is -2.55. The highest BCUT2D eigenvalue weighted by Crippen LogP contribution is 2.28. The summed E-state index contributed by atoms with van der Waals surface area (Å²) in [5, 5.41) is 4.38. The van der Waals surface area contributed by atoms with Crippen molar-refractivity contribution in [1.29, 1.82) is 0 Å². The van der Waals surface area contributed by atoms with E-state index < -0.39 is 0 Å². The Kier molecular flexibility index (Phi) is 4.61. The molecule has 1 N–H and O–H groups in total. The monoisotopic (exact) mass is 321 g/mol. The molecule has 1 amide bonds. The van der Waals surface area contributed by atoms with E-state index in [0.29, 0.717) is 19.1 Å². The van der Waals surface area contributed by atoms with Crippen LogP contribution in [0.3, 0.4) is 0 Å². The maximum absolute atomic E-state index is 12.2. The van der Waals surface area contributed by atoms with Crippen molar-refractivity contribution >= 4 is 23.2 Å². The maximum atomic E-state index is 12.2. The van der Waals surface area contributed by atoms with Crippen molar-refractivity contribution in [2.45, 2.75) is 38.8 Å². The van der Waals surface area contributed by atoms with Gasteiger partial charge in [-0.2, -0.15) is 0 Å². The molecule has 1 aliphatic heterocycles. The van der Waals surface area contributed by atoms with E-state index in [0.717, 1.165) is 30.5 Å². The van der Waals surface area contributed by atoms with Crippen molar-refractivity contribution in [3.8, 4) is 0 Å². The molecule has 1 aromatic rings. The molecule has 7 heteroatoms. The standard InChI is InChI=1S/C15H23N5OS/c1-3-12-8-17-13(22-12)9-18-15(16-2)19-6-7-20(11-4-5-11)14(21)10-19/h8,11H,3-7,9-10H2,1-2H3,(H,16,18). The Morgan fingerprint density at radius 3 is 2.91 bits per heavy atom. The van der Waals surface area contributed by atoms with Gasteiger partial charge in [-0.15, -0.1) is 11.3 Å². The van der Waals surface area contributed by atoms with Crippen LogP contribution in [-0.4, -0.2) is 59.4 Å². The van der Waals surface area contributed by atoms with Crippen LogP contribution in [0.1, 0.15) is 29.7 Å². The normalized spacial score (nSPS) is 19.7. The molecule has 120 valence electrons. The van der Waals surface area contributed by atoms with Crippen molar-refractivity contribution < 1.29 is 4.79 Å². The molecule has 0 radical (unpaired) electrons. The molecule has 0 aromatic carbocycles. The number of aliphatic imine (C=N–C) groups is 1. The number of guanidine groups is 1. The summed E-state index contributed by atoms with van der Waals surface area (Å²) >= 11 is 1.72. The largest absolute Gasteiger partial charge is 0.350 e. The molecule has 22 heavy (non-hydrogen) atoms. The first kappa shape index (κ1) is 15.3. The smallest absolute Gasteiger partial charge is 0.242 e. The van der Waals surface area contributed by atoms with Gasteiger partial charge in [-0.3, -0.25) is 9.79 Å². The topological polar surface area (TPSA) is 60.8 Å². The van der Waals surface area contributed by atoms with Gasteiger partial charge < -0.3 is 15.1 Å². The molecular formula is C15H23N5OS. The molecule has 0 atom stereocenters. The molecule has 1 saturated heterocycles. The number of carbonyl (C=O) groups excluding carboxylic acids is 1. The summed E-state index contributed by atoms with van der Waals surface area (Å²) in [5.41, 5.74) is 0. The Morgan fingerprint density at radius 1 is 1.50 bits per heavy atom. The Balaban J connectivity index is 1.54. The number of hydrogen-bond acceptors (Lipinski definition) is 4. The minimum atomic E-state index is 0.221. The van der Waals surface area contributed by atoms with Crippen LogP contribution in [0, 0.1) is 0 Å². The van der Waals surface area contributed by atoms with Gasteiger partial charge in [0, 0.05) is 37.3 Å².